The van der Waals surface area contributed by atoms with Gasteiger partial charge in [-0.15, -0.1) is 0 Å². The SMILES string of the molecule is OCc1ccccc1CNCc1cc(Br)ccc1Cl. The van der Waals surface area contributed by atoms with Crippen LogP contribution in [0.4, 0.5) is 0 Å². The van der Waals surface area contributed by atoms with Gasteiger partial charge in [-0.05, 0) is 34.9 Å². The lowest BCUT2D eigenvalue weighted by atomic mass is 10.1. The molecule has 2 nitrogen and oxygen atoms in total. The second-order valence-electron chi connectivity index (χ2n) is 4.27. The van der Waals surface area contributed by atoms with Crippen LogP contribution < -0.4 is 5.32 Å². The van der Waals surface area contributed by atoms with Crippen molar-refractivity contribution in [3.63, 3.8) is 0 Å². The quantitative estimate of drug-likeness (QED) is 0.865. The van der Waals surface area contributed by atoms with E-state index in [0.29, 0.717) is 13.1 Å². The third kappa shape index (κ3) is 4.05. The van der Waals surface area contributed by atoms with Crippen LogP contribution in [-0.4, -0.2) is 5.11 Å². The van der Waals surface area contributed by atoms with Crippen LogP contribution in [0.1, 0.15) is 16.7 Å². The molecule has 0 saturated carbocycles. The van der Waals surface area contributed by atoms with E-state index in [1.54, 1.807) is 0 Å². The Balaban J connectivity index is 1.98. The van der Waals surface area contributed by atoms with Crippen LogP contribution in [0.5, 0.6) is 0 Å². The van der Waals surface area contributed by atoms with Crippen LogP contribution in [0.3, 0.4) is 0 Å². The van der Waals surface area contributed by atoms with E-state index in [0.717, 1.165) is 26.2 Å². The van der Waals surface area contributed by atoms with Crippen molar-refractivity contribution in [1.29, 1.82) is 0 Å². The van der Waals surface area contributed by atoms with Gasteiger partial charge in [0.1, 0.15) is 0 Å². The number of hydrogen-bond donors (Lipinski definition) is 2. The zero-order valence-corrected chi connectivity index (χ0v) is 12.7. The first-order valence-corrected chi connectivity index (χ1v) is 7.20. The van der Waals surface area contributed by atoms with Gasteiger partial charge in [-0.2, -0.15) is 0 Å². The minimum Gasteiger partial charge on any atom is -0.392 e. The number of halogens is 2. The van der Waals surface area contributed by atoms with Gasteiger partial charge in [0.05, 0.1) is 6.61 Å². The summed E-state index contributed by atoms with van der Waals surface area (Å²) in [5.74, 6) is 0. The lowest BCUT2D eigenvalue weighted by Gasteiger charge is -2.10. The van der Waals surface area contributed by atoms with Gasteiger partial charge in [0.2, 0.25) is 0 Å². The van der Waals surface area contributed by atoms with E-state index >= 15 is 0 Å². The van der Waals surface area contributed by atoms with E-state index in [-0.39, 0.29) is 6.61 Å². The van der Waals surface area contributed by atoms with Gasteiger partial charge in [0.15, 0.2) is 0 Å². The third-order valence-corrected chi connectivity index (χ3v) is 3.79. The molecular formula is C15H15BrClNO. The average molecular weight is 341 g/mol. The molecule has 2 aromatic carbocycles. The van der Waals surface area contributed by atoms with E-state index in [9.17, 15) is 5.11 Å². The summed E-state index contributed by atoms with van der Waals surface area (Å²) < 4.78 is 1.02. The second-order valence-corrected chi connectivity index (χ2v) is 5.59. The predicted octanol–water partition coefficient (Wildman–Crippen LogP) is 3.88. The molecule has 0 amide bonds. The minimum absolute atomic E-state index is 0.0650. The normalized spacial score (nSPS) is 10.7. The smallest absolute Gasteiger partial charge is 0.0685 e. The first-order valence-electron chi connectivity index (χ1n) is 6.03. The highest BCUT2D eigenvalue weighted by atomic mass is 79.9. The number of aliphatic hydroxyl groups excluding tert-OH is 1. The van der Waals surface area contributed by atoms with Gasteiger partial charge in [-0.1, -0.05) is 51.8 Å². The van der Waals surface area contributed by atoms with E-state index in [1.165, 1.54) is 0 Å². The Labute approximate surface area is 126 Å². The lowest BCUT2D eigenvalue weighted by molar-refractivity contribution is 0.280. The van der Waals surface area contributed by atoms with Crippen LogP contribution in [0.25, 0.3) is 0 Å². The molecule has 0 saturated heterocycles. The largest absolute Gasteiger partial charge is 0.392 e. The van der Waals surface area contributed by atoms with E-state index in [4.69, 9.17) is 11.6 Å². The van der Waals surface area contributed by atoms with Crippen molar-refractivity contribution < 1.29 is 5.11 Å². The van der Waals surface area contributed by atoms with Gasteiger partial charge < -0.3 is 10.4 Å². The van der Waals surface area contributed by atoms with Crippen molar-refractivity contribution in [2.75, 3.05) is 0 Å². The number of aliphatic hydroxyl groups is 1. The minimum atomic E-state index is 0.0650. The molecule has 0 radical (unpaired) electrons. The summed E-state index contributed by atoms with van der Waals surface area (Å²) in [6.45, 7) is 1.47. The number of benzene rings is 2. The maximum absolute atomic E-state index is 9.26. The molecule has 0 spiro atoms. The zero-order chi connectivity index (χ0) is 13.7. The molecule has 0 fully saturated rings. The van der Waals surface area contributed by atoms with Crippen molar-refractivity contribution >= 4 is 27.5 Å². The molecule has 19 heavy (non-hydrogen) atoms. The van der Waals surface area contributed by atoms with Crippen LogP contribution in [-0.2, 0) is 19.7 Å². The molecule has 0 aliphatic rings. The summed E-state index contributed by atoms with van der Waals surface area (Å²) in [5, 5.41) is 13.4. The second kappa shape index (κ2) is 7.06. The molecule has 0 heterocycles. The van der Waals surface area contributed by atoms with Gasteiger partial charge in [0, 0.05) is 22.6 Å². The Morgan fingerprint density at radius 3 is 2.42 bits per heavy atom. The Morgan fingerprint density at radius 2 is 1.68 bits per heavy atom. The highest BCUT2D eigenvalue weighted by molar-refractivity contribution is 9.10. The summed E-state index contributed by atoms with van der Waals surface area (Å²) >= 11 is 9.57. The molecule has 0 aliphatic heterocycles. The number of rotatable bonds is 5. The monoisotopic (exact) mass is 339 g/mol. The van der Waals surface area contributed by atoms with Crippen molar-refractivity contribution in [1.82, 2.24) is 5.32 Å². The maximum Gasteiger partial charge on any atom is 0.0685 e. The Morgan fingerprint density at radius 1 is 1.00 bits per heavy atom. The Hall–Kier alpha value is -0.870. The van der Waals surface area contributed by atoms with Crippen molar-refractivity contribution in [2.24, 2.45) is 0 Å². The molecule has 0 unspecified atom stereocenters. The van der Waals surface area contributed by atoms with Crippen LogP contribution in [0.15, 0.2) is 46.9 Å². The molecule has 2 N–H and O–H groups in total. The molecular weight excluding hydrogens is 326 g/mol. The standard InChI is InChI=1S/C15H15BrClNO/c16-14-5-6-15(17)13(7-14)9-18-8-11-3-1-2-4-12(11)10-19/h1-7,18-19H,8-10H2. The van der Waals surface area contributed by atoms with Crippen LogP contribution >= 0.6 is 27.5 Å². The molecule has 0 aromatic heterocycles. The third-order valence-electron chi connectivity index (χ3n) is 2.93. The molecule has 2 aromatic rings. The first-order chi connectivity index (χ1) is 9.20. The summed E-state index contributed by atoms with van der Waals surface area (Å²) in [6.07, 6.45) is 0. The Bertz CT molecular complexity index is 560. The van der Waals surface area contributed by atoms with Gasteiger partial charge in [-0.3, -0.25) is 0 Å². The molecule has 100 valence electrons. The molecule has 0 bridgehead atoms. The van der Waals surface area contributed by atoms with Crippen molar-refractivity contribution in [3.8, 4) is 0 Å². The zero-order valence-electron chi connectivity index (χ0n) is 10.4. The summed E-state index contributed by atoms with van der Waals surface area (Å²) in [7, 11) is 0. The fourth-order valence-corrected chi connectivity index (χ4v) is 2.49. The van der Waals surface area contributed by atoms with Crippen molar-refractivity contribution in [2.45, 2.75) is 19.7 Å². The summed E-state index contributed by atoms with van der Waals surface area (Å²) in [5.41, 5.74) is 3.11. The van der Waals surface area contributed by atoms with Gasteiger partial charge >= 0.3 is 0 Å². The first kappa shape index (κ1) is 14.5. The fraction of sp³-hybridized carbons (Fsp3) is 0.200. The summed E-state index contributed by atoms with van der Waals surface area (Å²) in [4.78, 5) is 0. The average Bonchev–Trinajstić information content (AvgIpc) is 2.43. The van der Waals surface area contributed by atoms with Gasteiger partial charge in [-0.25, -0.2) is 0 Å². The van der Waals surface area contributed by atoms with Gasteiger partial charge in [0.25, 0.3) is 0 Å². The molecule has 4 heteroatoms. The topological polar surface area (TPSA) is 32.3 Å². The van der Waals surface area contributed by atoms with E-state index in [1.807, 2.05) is 42.5 Å². The van der Waals surface area contributed by atoms with E-state index in [2.05, 4.69) is 21.2 Å². The highest BCUT2D eigenvalue weighted by Gasteiger charge is 2.03. The Kier molecular flexibility index (Phi) is 5.40. The molecule has 2 rings (SSSR count). The van der Waals surface area contributed by atoms with Crippen LogP contribution in [0, 0.1) is 0 Å². The fourth-order valence-electron chi connectivity index (χ4n) is 1.89. The highest BCUT2D eigenvalue weighted by Crippen LogP contribution is 2.21. The molecule has 0 atom stereocenters. The molecule has 0 aliphatic carbocycles. The maximum atomic E-state index is 9.26. The lowest BCUT2D eigenvalue weighted by Crippen LogP contribution is -2.14. The summed E-state index contributed by atoms with van der Waals surface area (Å²) in [6, 6.07) is 13.7. The number of hydrogen-bond acceptors (Lipinski definition) is 2. The van der Waals surface area contributed by atoms with E-state index < -0.39 is 0 Å². The van der Waals surface area contributed by atoms with Crippen LogP contribution in [0.2, 0.25) is 5.02 Å². The predicted molar refractivity (Wildman–Crippen MR) is 82.1 cm³/mol. The van der Waals surface area contributed by atoms with Crippen molar-refractivity contribution in [3.05, 3.63) is 68.7 Å². The number of nitrogens with one attached hydrogen (secondary N) is 1.